The van der Waals surface area contributed by atoms with E-state index >= 15 is 0 Å². The van der Waals surface area contributed by atoms with Crippen LogP contribution in [0.25, 0.3) is 0 Å². The Labute approximate surface area is 196 Å². The minimum Gasteiger partial charge on any atom is -0.361 e. The minimum atomic E-state index is 0. The van der Waals surface area contributed by atoms with Gasteiger partial charge in [0.05, 0.1) is 11.4 Å². The Balaban J connectivity index is 0.00000320. The largest absolute Gasteiger partial charge is 0.361 e. The van der Waals surface area contributed by atoms with Crippen LogP contribution in [0.1, 0.15) is 62.4 Å². The van der Waals surface area contributed by atoms with Gasteiger partial charge in [-0.2, -0.15) is 0 Å². The first-order valence-corrected chi connectivity index (χ1v) is 10.8. The number of aryl methyl sites for hydroxylation is 1. The third-order valence-corrected chi connectivity index (χ3v) is 5.43. The highest BCUT2D eigenvalue weighted by molar-refractivity contribution is 14.0. The third-order valence-electron chi connectivity index (χ3n) is 5.43. The number of nitrogens with zero attached hydrogens (tertiary/aromatic N) is 5. The Hall–Kier alpha value is -1.62. The number of aliphatic imine (C=N–C) groups is 1. The van der Waals surface area contributed by atoms with Crippen LogP contribution < -0.4 is 5.32 Å². The smallest absolute Gasteiger partial charge is 0.194 e. The predicted octanol–water partition coefficient (Wildman–Crippen LogP) is 3.78. The third kappa shape index (κ3) is 6.69. The van der Waals surface area contributed by atoms with Crippen LogP contribution in [0.3, 0.4) is 0 Å². The van der Waals surface area contributed by atoms with Gasteiger partial charge in [0, 0.05) is 57.3 Å². The minimum absolute atomic E-state index is 0. The highest BCUT2D eigenvalue weighted by Gasteiger charge is 2.21. The number of guanidine groups is 1. The van der Waals surface area contributed by atoms with E-state index < -0.39 is 0 Å². The summed E-state index contributed by atoms with van der Waals surface area (Å²) in [6.45, 7) is 14.4. The highest BCUT2D eigenvalue weighted by atomic mass is 127. The molecular formula is C21H35IN6O2. The summed E-state index contributed by atoms with van der Waals surface area (Å²) in [5.74, 6) is 3.08. The maximum atomic E-state index is 5.52. The number of rotatable bonds is 8. The Morgan fingerprint density at radius 2 is 1.83 bits per heavy atom. The SMILES string of the molecule is CCNC(=NCc1cc(C(CC)CC)no1)N1CCN(Cc2cc(C)on2)CC1.I. The first-order chi connectivity index (χ1) is 14.1. The molecule has 2 aromatic heterocycles. The molecule has 1 fully saturated rings. The predicted molar refractivity (Wildman–Crippen MR) is 128 cm³/mol. The lowest BCUT2D eigenvalue weighted by Crippen LogP contribution is -2.52. The zero-order valence-corrected chi connectivity index (χ0v) is 20.9. The average molecular weight is 530 g/mol. The fourth-order valence-corrected chi connectivity index (χ4v) is 3.72. The van der Waals surface area contributed by atoms with Crippen molar-refractivity contribution in [1.29, 1.82) is 0 Å². The number of halogens is 1. The second-order valence-electron chi connectivity index (χ2n) is 7.59. The maximum Gasteiger partial charge on any atom is 0.194 e. The molecule has 3 rings (SSSR count). The molecule has 0 amide bonds. The van der Waals surface area contributed by atoms with Gasteiger partial charge in [0.1, 0.15) is 12.3 Å². The van der Waals surface area contributed by atoms with Crippen molar-refractivity contribution in [3.63, 3.8) is 0 Å². The van der Waals surface area contributed by atoms with E-state index in [2.05, 4.69) is 52.3 Å². The fraction of sp³-hybridized carbons (Fsp3) is 0.667. The molecule has 1 aliphatic rings. The molecule has 1 saturated heterocycles. The molecule has 30 heavy (non-hydrogen) atoms. The van der Waals surface area contributed by atoms with E-state index in [0.717, 1.165) is 81.0 Å². The summed E-state index contributed by atoms with van der Waals surface area (Å²) in [4.78, 5) is 9.51. The summed E-state index contributed by atoms with van der Waals surface area (Å²) in [6.07, 6.45) is 2.15. The number of aromatic nitrogens is 2. The molecule has 2 aromatic rings. The Morgan fingerprint density at radius 1 is 1.10 bits per heavy atom. The van der Waals surface area contributed by atoms with Gasteiger partial charge in [-0.1, -0.05) is 24.2 Å². The van der Waals surface area contributed by atoms with Gasteiger partial charge in [0.2, 0.25) is 0 Å². The van der Waals surface area contributed by atoms with Gasteiger partial charge in [0.25, 0.3) is 0 Å². The fourth-order valence-electron chi connectivity index (χ4n) is 3.72. The lowest BCUT2D eigenvalue weighted by atomic mass is 9.99. The van der Waals surface area contributed by atoms with Crippen LogP contribution in [0.5, 0.6) is 0 Å². The van der Waals surface area contributed by atoms with Crippen LogP contribution in [0.4, 0.5) is 0 Å². The van der Waals surface area contributed by atoms with Crippen molar-refractivity contribution in [3.05, 3.63) is 35.0 Å². The van der Waals surface area contributed by atoms with Crippen molar-refractivity contribution in [2.24, 2.45) is 4.99 Å². The van der Waals surface area contributed by atoms with Gasteiger partial charge in [-0.15, -0.1) is 24.0 Å². The summed E-state index contributed by atoms with van der Waals surface area (Å²) < 4.78 is 10.7. The molecule has 0 radical (unpaired) electrons. The number of hydrogen-bond acceptors (Lipinski definition) is 6. The second-order valence-corrected chi connectivity index (χ2v) is 7.59. The van der Waals surface area contributed by atoms with Gasteiger partial charge in [-0.3, -0.25) is 4.90 Å². The first kappa shape index (κ1) is 24.6. The molecule has 0 spiro atoms. The molecule has 0 bridgehead atoms. The molecule has 9 heteroatoms. The molecule has 1 aliphatic heterocycles. The van der Waals surface area contributed by atoms with E-state index in [4.69, 9.17) is 14.0 Å². The van der Waals surface area contributed by atoms with E-state index in [1.807, 2.05) is 13.0 Å². The van der Waals surface area contributed by atoms with Crippen molar-refractivity contribution >= 4 is 29.9 Å². The molecule has 0 unspecified atom stereocenters. The quantitative estimate of drug-likeness (QED) is 0.316. The van der Waals surface area contributed by atoms with E-state index in [0.29, 0.717) is 12.5 Å². The second kappa shape index (κ2) is 12.3. The van der Waals surface area contributed by atoms with Crippen LogP contribution in [-0.4, -0.2) is 58.8 Å². The normalized spacial score (nSPS) is 15.5. The van der Waals surface area contributed by atoms with Gasteiger partial charge >= 0.3 is 0 Å². The van der Waals surface area contributed by atoms with Crippen LogP contribution in [0.2, 0.25) is 0 Å². The topological polar surface area (TPSA) is 82.9 Å². The molecule has 8 nitrogen and oxygen atoms in total. The zero-order valence-electron chi connectivity index (χ0n) is 18.6. The molecular weight excluding hydrogens is 495 g/mol. The van der Waals surface area contributed by atoms with E-state index in [-0.39, 0.29) is 24.0 Å². The molecule has 168 valence electrons. The molecule has 0 saturated carbocycles. The molecule has 0 aliphatic carbocycles. The summed E-state index contributed by atoms with van der Waals surface area (Å²) >= 11 is 0. The van der Waals surface area contributed by atoms with Crippen molar-refractivity contribution in [3.8, 4) is 0 Å². The zero-order chi connectivity index (χ0) is 20.6. The summed E-state index contributed by atoms with van der Waals surface area (Å²) in [5.41, 5.74) is 2.04. The monoisotopic (exact) mass is 530 g/mol. The highest BCUT2D eigenvalue weighted by Crippen LogP contribution is 2.22. The van der Waals surface area contributed by atoms with E-state index in [1.54, 1.807) is 0 Å². The molecule has 0 atom stereocenters. The molecule has 3 heterocycles. The molecule has 1 N–H and O–H groups in total. The summed E-state index contributed by atoms with van der Waals surface area (Å²) in [6, 6.07) is 4.06. The summed E-state index contributed by atoms with van der Waals surface area (Å²) in [7, 11) is 0. The summed E-state index contributed by atoms with van der Waals surface area (Å²) in [5, 5.41) is 11.8. The number of nitrogens with one attached hydrogen (secondary N) is 1. The van der Waals surface area contributed by atoms with Gasteiger partial charge in [0.15, 0.2) is 11.7 Å². The van der Waals surface area contributed by atoms with E-state index in [9.17, 15) is 0 Å². The lowest BCUT2D eigenvalue weighted by molar-refractivity contribution is 0.169. The molecule has 0 aromatic carbocycles. The van der Waals surface area contributed by atoms with E-state index in [1.165, 1.54) is 0 Å². The van der Waals surface area contributed by atoms with Crippen LogP contribution in [0, 0.1) is 6.92 Å². The van der Waals surface area contributed by atoms with Crippen LogP contribution >= 0.6 is 24.0 Å². The first-order valence-electron chi connectivity index (χ1n) is 10.8. The van der Waals surface area contributed by atoms with Gasteiger partial charge in [-0.25, -0.2) is 4.99 Å². The van der Waals surface area contributed by atoms with Crippen molar-refractivity contribution < 1.29 is 9.05 Å². The Bertz CT molecular complexity index is 778. The Morgan fingerprint density at radius 3 is 2.43 bits per heavy atom. The number of piperazine rings is 1. The Kier molecular flexibility index (Phi) is 10.1. The number of hydrogen-bond donors (Lipinski definition) is 1. The maximum absolute atomic E-state index is 5.52. The van der Waals surface area contributed by atoms with Gasteiger partial charge in [-0.05, 0) is 26.7 Å². The van der Waals surface area contributed by atoms with Gasteiger partial charge < -0.3 is 19.3 Å². The van der Waals surface area contributed by atoms with Crippen LogP contribution in [0.15, 0.2) is 26.2 Å². The van der Waals surface area contributed by atoms with Crippen molar-refractivity contribution in [1.82, 2.24) is 25.4 Å². The van der Waals surface area contributed by atoms with Crippen molar-refractivity contribution in [2.45, 2.75) is 59.5 Å². The van der Waals surface area contributed by atoms with Crippen LogP contribution in [-0.2, 0) is 13.1 Å². The average Bonchev–Trinajstić information content (AvgIpc) is 3.36. The lowest BCUT2D eigenvalue weighted by Gasteiger charge is -2.36. The van der Waals surface area contributed by atoms with Crippen molar-refractivity contribution in [2.75, 3.05) is 32.7 Å². The standard InChI is InChI=1S/C21H34N6O2.HI/c1-5-17(6-2)20-13-19(29-25-20)14-23-21(22-7-3)27-10-8-26(9-11-27)15-18-12-16(4)28-24-18;/h12-13,17H,5-11,14-15H2,1-4H3,(H,22,23);1H.